The molecule has 0 aliphatic carbocycles. The Morgan fingerprint density at radius 2 is 2.41 bits per heavy atom. The summed E-state index contributed by atoms with van der Waals surface area (Å²) in [5.74, 6) is 1.72. The number of amides is 1. The lowest BCUT2D eigenvalue weighted by Crippen LogP contribution is -2.30. The van der Waals surface area contributed by atoms with E-state index in [9.17, 15) is 4.79 Å². The normalized spacial score (nSPS) is 19.0. The number of thioether (sulfide) groups is 1. The molecule has 2 rings (SSSR count). The van der Waals surface area contributed by atoms with Crippen molar-refractivity contribution in [2.75, 3.05) is 24.7 Å². The fourth-order valence-corrected chi connectivity index (χ4v) is 2.89. The molecule has 0 bridgehead atoms. The Labute approximate surface area is 105 Å². The first-order valence-electron chi connectivity index (χ1n) is 5.71. The lowest BCUT2D eigenvalue weighted by atomic mass is 10.2. The Morgan fingerprint density at radius 3 is 3.00 bits per heavy atom. The number of anilines is 1. The first-order chi connectivity index (χ1) is 8.29. The van der Waals surface area contributed by atoms with Gasteiger partial charge in [0.05, 0.1) is 0 Å². The van der Waals surface area contributed by atoms with E-state index < -0.39 is 0 Å². The van der Waals surface area contributed by atoms with Crippen molar-refractivity contribution < 1.29 is 4.79 Å². The predicted molar refractivity (Wildman–Crippen MR) is 69.4 cm³/mol. The molecule has 1 unspecified atom stereocenters. The van der Waals surface area contributed by atoms with E-state index >= 15 is 0 Å². The van der Waals surface area contributed by atoms with Crippen molar-refractivity contribution in [3.05, 3.63) is 17.8 Å². The first kappa shape index (κ1) is 12.2. The van der Waals surface area contributed by atoms with Gasteiger partial charge in [-0.05, 0) is 30.7 Å². The highest BCUT2D eigenvalue weighted by Crippen LogP contribution is 2.25. The molecule has 0 saturated carbocycles. The summed E-state index contributed by atoms with van der Waals surface area (Å²) in [7, 11) is 1.76. The van der Waals surface area contributed by atoms with Gasteiger partial charge in [-0.3, -0.25) is 4.79 Å². The zero-order chi connectivity index (χ0) is 12.1. The number of hydrogen-bond donors (Lipinski definition) is 2. The summed E-state index contributed by atoms with van der Waals surface area (Å²) in [4.78, 5) is 11.8. The van der Waals surface area contributed by atoms with Crippen LogP contribution in [0.2, 0.25) is 0 Å². The highest BCUT2D eigenvalue weighted by atomic mass is 32.2. The zero-order valence-electron chi connectivity index (χ0n) is 9.77. The molecule has 0 aromatic carbocycles. The SMILES string of the molecule is CNc1ccc(C(=O)NCC2CCCS2)nn1. The van der Waals surface area contributed by atoms with E-state index in [0.717, 1.165) is 6.54 Å². The maximum atomic E-state index is 11.8. The summed E-state index contributed by atoms with van der Waals surface area (Å²) in [6.07, 6.45) is 2.44. The van der Waals surface area contributed by atoms with Crippen molar-refractivity contribution in [1.82, 2.24) is 15.5 Å². The van der Waals surface area contributed by atoms with Crippen molar-refractivity contribution in [2.45, 2.75) is 18.1 Å². The molecule has 1 aliphatic heterocycles. The van der Waals surface area contributed by atoms with Gasteiger partial charge in [0.2, 0.25) is 0 Å². The van der Waals surface area contributed by atoms with E-state index in [0.29, 0.717) is 16.8 Å². The minimum absolute atomic E-state index is 0.146. The zero-order valence-corrected chi connectivity index (χ0v) is 10.6. The topological polar surface area (TPSA) is 66.9 Å². The maximum absolute atomic E-state index is 11.8. The van der Waals surface area contributed by atoms with Gasteiger partial charge in [0, 0.05) is 18.8 Å². The van der Waals surface area contributed by atoms with E-state index in [-0.39, 0.29) is 5.91 Å². The highest BCUT2D eigenvalue weighted by molar-refractivity contribution is 8.00. The van der Waals surface area contributed by atoms with E-state index in [2.05, 4.69) is 20.8 Å². The lowest BCUT2D eigenvalue weighted by molar-refractivity contribution is 0.0947. The van der Waals surface area contributed by atoms with Crippen LogP contribution in [0.15, 0.2) is 12.1 Å². The molecule has 17 heavy (non-hydrogen) atoms. The summed E-state index contributed by atoms with van der Waals surface area (Å²) in [5, 5.41) is 14.0. The van der Waals surface area contributed by atoms with Gasteiger partial charge in [-0.2, -0.15) is 11.8 Å². The number of rotatable bonds is 4. The van der Waals surface area contributed by atoms with Crippen LogP contribution in [0.1, 0.15) is 23.3 Å². The monoisotopic (exact) mass is 252 g/mol. The second-order valence-corrected chi connectivity index (χ2v) is 5.31. The quantitative estimate of drug-likeness (QED) is 0.841. The smallest absolute Gasteiger partial charge is 0.271 e. The molecule has 92 valence electrons. The van der Waals surface area contributed by atoms with Gasteiger partial charge in [-0.15, -0.1) is 10.2 Å². The Kier molecular flexibility index (Phi) is 4.19. The van der Waals surface area contributed by atoms with Gasteiger partial charge in [-0.1, -0.05) is 0 Å². The van der Waals surface area contributed by atoms with Crippen LogP contribution in [0.4, 0.5) is 5.82 Å². The molecule has 5 nitrogen and oxygen atoms in total. The number of nitrogens with zero attached hydrogens (tertiary/aromatic N) is 2. The van der Waals surface area contributed by atoms with Crippen molar-refractivity contribution >= 4 is 23.5 Å². The molecule has 1 aliphatic rings. The average molecular weight is 252 g/mol. The molecule has 1 atom stereocenters. The van der Waals surface area contributed by atoms with Crippen molar-refractivity contribution in [2.24, 2.45) is 0 Å². The van der Waals surface area contributed by atoms with Crippen LogP contribution < -0.4 is 10.6 Å². The van der Waals surface area contributed by atoms with Crippen LogP contribution in [-0.4, -0.2) is 40.7 Å². The molecule has 0 radical (unpaired) electrons. The fourth-order valence-electron chi connectivity index (χ4n) is 1.69. The standard InChI is InChI=1S/C11H16N4OS/c1-12-10-5-4-9(14-15-10)11(16)13-7-8-3-2-6-17-8/h4-5,8H,2-3,6-7H2,1H3,(H,12,15)(H,13,16). The first-order valence-corrected chi connectivity index (χ1v) is 6.76. The van der Waals surface area contributed by atoms with Crippen LogP contribution in [0.3, 0.4) is 0 Å². The molecule has 1 fully saturated rings. The largest absolute Gasteiger partial charge is 0.372 e. The van der Waals surface area contributed by atoms with Crippen LogP contribution >= 0.6 is 11.8 Å². The summed E-state index contributed by atoms with van der Waals surface area (Å²) in [6, 6.07) is 3.42. The second kappa shape index (κ2) is 5.86. The third kappa shape index (κ3) is 3.33. The lowest BCUT2D eigenvalue weighted by Gasteiger charge is -2.09. The van der Waals surface area contributed by atoms with Crippen molar-refractivity contribution in [3.63, 3.8) is 0 Å². The Balaban J connectivity index is 1.85. The van der Waals surface area contributed by atoms with Gasteiger partial charge in [-0.25, -0.2) is 0 Å². The highest BCUT2D eigenvalue weighted by Gasteiger charge is 2.17. The van der Waals surface area contributed by atoms with Crippen LogP contribution in [-0.2, 0) is 0 Å². The van der Waals surface area contributed by atoms with E-state index in [1.807, 2.05) is 11.8 Å². The molecule has 2 heterocycles. The third-order valence-electron chi connectivity index (χ3n) is 2.67. The molecule has 1 aromatic heterocycles. The Bertz CT molecular complexity index is 376. The van der Waals surface area contributed by atoms with Crippen LogP contribution in [0, 0.1) is 0 Å². The molecule has 6 heteroatoms. The minimum Gasteiger partial charge on any atom is -0.372 e. The second-order valence-electron chi connectivity index (χ2n) is 3.90. The molecular weight excluding hydrogens is 236 g/mol. The molecule has 2 N–H and O–H groups in total. The molecule has 1 aromatic rings. The van der Waals surface area contributed by atoms with Crippen molar-refractivity contribution in [1.29, 1.82) is 0 Å². The molecule has 0 spiro atoms. The summed E-state index contributed by atoms with van der Waals surface area (Å²) in [6.45, 7) is 0.721. The number of carbonyl (C=O) groups is 1. The van der Waals surface area contributed by atoms with E-state index in [4.69, 9.17) is 0 Å². The summed E-state index contributed by atoms with van der Waals surface area (Å²) >= 11 is 1.92. The maximum Gasteiger partial charge on any atom is 0.271 e. The van der Waals surface area contributed by atoms with E-state index in [1.54, 1.807) is 19.2 Å². The number of aromatic nitrogens is 2. The molecule has 1 saturated heterocycles. The number of hydrogen-bond acceptors (Lipinski definition) is 5. The van der Waals surface area contributed by atoms with Crippen LogP contribution in [0.5, 0.6) is 0 Å². The van der Waals surface area contributed by atoms with E-state index in [1.165, 1.54) is 18.6 Å². The van der Waals surface area contributed by atoms with Gasteiger partial charge in [0.25, 0.3) is 5.91 Å². The van der Waals surface area contributed by atoms with Crippen molar-refractivity contribution in [3.8, 4) is 0 Å². The van der Waals surface area contributed by atoms with Crippen LogP contribution in [0.25, 0.3) is 0 Å². The minimum atomic E-state index is -0.146. The molecule has 1 amide bonds. The predicted octanol–water partition coefficient (Wildman–Crippen LogP) is 1.14. The van der Waals surface area contributed by atoms with Gasteiger partial charge >= 0.3 is 0 Å². The number of carbonyl (C=O) groups excluding carboxylic acids is 1. The van der Waals surface area contributed by atoms with Gasteiger partial charge in [0.1, 0.15) is 5.82 Å². The summed E-state index contributed by atoms with van der Waals surface area (Å²) < 4.78 is 0. The van der Waals surface area contributed by atoms with Gasteiger partial charge in [0.15, 0.2) is 5.69 Å². The summed E-state index contributed by atoms with van der Waals surface area (Å²) in [5.41, 5.74) is 0.368. The Hall–Kier alpha value is -1.30. The average Bonchev–Trinajstić information content (AvgIpc) is 2.89. The third-order valence-corrected chi connectivity index (χ3v) is 4.07. The Morgan fingerprint density at radius 1 is 1.53 bits per heavy atom. The fraction of sp³-hybridized carbons (Fsp3) is 0.545. The molecular formula is C11H16N4OS. The van der Waals surface area contributed by atoms with Gasteiger partial charge < -0.3 is 10.6 Å². The number of nitrogens with one attached hydrogen (secondary N) is 2.